The highest BCUT2D eigenvalue weighted by molar-refractivity contribution is 8.93. The summed E-state index contributed by atoms with van der Waals surface area (Å²) < 4.78 is 0. The van der Waals surface area contributed by atoms with Crippen LogP contribution >= 0.6 is 17.0 Å². The van der Waals surface area contributed by atoms with Crippen molar-refractivity contribution < 1.29 is 0 Å². The SMILES string of the molecule is Br.CCCCCCc1ccccn1. The summed E-state index contributed by atoms with van der Waals surface area (Å²) in [6.45, 7) is 2.24. The zero-order valence-corrected chi connectivity index (χ0v) is 9.91. The monoisotopic (exact) mass is 243 g/mol. The van der Waals surface area contributed by atoms with Gasteiger partial charge in [0.15, 0.2) is 0 Å². The van der Waals surface area contributed by atoms with E-state index in [1.807, 2.05) is 12.3 Å². The Bertz CT molecular complexity index is 199. The van der Waals surface area contributed by atoms with Crippen LogP contribution in [0.25, 0.3) is 0 Å². The number of aryl methyl sites for hydroxylation is 1. The smallest absolute Gasteiger partial charge is 0.0403 e. The molecule has 13 heavy (non-hydrogen) atoms. The number of unbranched alkanes of at least 4 members (excludes halogenated alkanes) is 3. The highest BCUT2D eigenvalue weighted by Gasteiger charge is 1.91. The average Bonchev–Trinajstić information content (AvgIpc) is 2.14. The first-order valence-corrected chi connectivity index (χ1v) is 4.83. The highest BCUT2D eigenvalue weighted by Crippen LogP contribution is 2.04. The molecule has 0 unspecified atom stereocenters. The zero-order chi connectivity index (χ0) is 8.65. The molecule has 0 radical (unpaired) electrons. The van der Waals surface area contributed by atoms with Gasteiger partial charge in [0.05, 0.1) is 0 Å². The molecule has 0 N–H and O–H groups in total. The molecule has 0 fully saturated rings. The lowest BCUT2D eigenvalue weighted by atomic mass is 10.1. The summed E-state index contributed by atoms with van der Waals surface area (Å²) in [5.74, 6) is 0. The van der Waals surface area contributed by atoms with Crippen molar-refractivity contribution in [1.82, 2.24) is 4.98 Å². The van der Waals surface area contributed by atoms with Crippen molar-refractivity contribution in [2.75, 3.05) is 0 Å². The lowest BCUT2D eigenvalue weighted by Gasteiger charge is -1.98. The van der Waals surface area contributed by atoms with Crippen LogP contribution in [0.4, 0.5) is 0 Å². The molecule has 0 saturated heterocycles. The second-order valence-corrected chi connectivity index (χ2v) is 3.13. The van der Waals surface area contributed by atoms with E-state index in [2.05, 4.69) is 24.0 Å². The van der Waals surface area contributed by atoms with Gasteiger partial charge < -0.3 is 0 Å². The maximum atomic E-state index is 4.28. The molecule has 0 aliphatic carbocycles. The summed E-state index contributed by atoms with van der Waals surface area (Å²) in [6.07, 6.45) is 8.29. The Morgan fingerprint density at radius 2 is 2.00 bits per heavy atom. The Morgan fingerprint density at radius 1 is 1.15 bits per heavy atom. The Hall–Kier alpha value is -0.370. The fraction of sp³-hybridized carbons (Fsp3) is 0.545. The van der Waals surface area contributed by atoms with E-state index in [0.29, 0.717) is 0 Å². The summed E-state index contributed by atoms with van der Waals surface area (Å²) in [5, 5.41) is 0. The summed E-state index contributed by atoms with van der Waals surface area (Å²) in [4.78, 5) is 4.28. The topological polar surface area (TPSA) is 12.9 Å². The molecule has 0 saturated carbocycles. The van der Waals surface area contributed by atoms with Crippen LogP contribution in [0.2, 0.25) is 0 Å². The van der Waals surface area contributed by atoms with Crippen molar-refractivity contribution in [3.05, 3.63) is 30.1 Å². The molecule has 0 aliphatic heterocycles. The average molecular weight is 244 g/mol. The molecular formula is C11H18BrN. The van der Waals surface area contributed by atoms with Gasteiger partial charge in [-0.1, -0.05) is 32.3 Å². The van der Waals surface area contributed by atoms with Gasteiger partial charge in [-0.05, 0) is 25.0 Å². The lowest BCUT2D eigenvalue weighted by Crippen LogP contribution is -1.88. The zero-order valence-electron chi connectivity index (χ0n) is 8.20. The predicted molar refractivity (Wildman–Crippen MR) is 62.4 cm³/mol. The molecule has 1 aromatic heterocycles. The molecular weight excluding hydrogens is 226 g/mol. The Labute approximate surface area is 91.4 Å². The van der Waals surface area contributed by atoms with Crippen molar-refractivity contribution in [2.24, 2.45) is 0 Å². The number of nitrogens with zero attached hydrogens (tertiary/aromatic N) is 1. The minimum atomic E-state index is 0. The number of pyridine rings is 1. The highest BCUT2D eigenvalue weighted by atomic mass is 79.9. The van der Waals surface area contributed by atoms with Crippen LogP contribution in [0, 0.1) is 0 Å². The fourth-order valence-corrected chi connectivity index (χ4v) is 1.28. The van der Waals surface area contributed by atoms with Crippen molar-refractivity contribution in [3.63, 3.8) is 0 Å². The standard InChI is InChI=1S/C11H17N.BrH/c1-2-3-4-5-8-11-9-6-7-10-12-11;/h6-7,9-10H,2-5,8H2,1H3;1H. The van der Waals surface area contributed by atoms with Crippen molar-refractivity contribution in [2.45, 2.75) is 39.0 Å². The fourth-order valence-electron chi connectivity index (χ4n) is 1.28. The molecule has 0 spiro atoms. The second-order valence-electron chi connectivity index (χ2n) is 3.13. The summed E-state index contributed by atoms with van der Waals surface area (Å²) in [7, 11) is 0. The predicted octanol–water partition coefficient (Wildman–Crippen LogP) is 3.78. The molecule has 0 aliphatic rings. The molecule has 1 rings (SSSR count). The van der Waals surface area contributed by atoms with Gasteiger partial charge in [0.2, 0.25) is 0 Å². The van der Waals surface area contributed by atoms with E-state index in [1.165, 1.54) is 31.4 Å². The number of hydrogen-bond donors (Lipinski definition) is 0. The van der Waals surface area contributed by atoms with Crippen molar-refractivity contribution in [1.29, 1.82) is 0 Å². The molecule has 1 aromatic rings. The Balaban J connectivity index is 0.00000144. The molecule has 0 bridgehead atoms. The van der Waals surface area contributed by atoms with Crippen LogP contribution in [0.15, 0.2) is 24.4 Å². The summed E-state index contributed by atoms with van der Waals surface area (Å²) in [5.41, 5.74) is 1.23. The minimum absolute atomic E-state index is 0. The maximum absolute atomic E-state index is 4.28. The van der Waals surface area contributed by atoms with E-state index in [0.717, 1.165) is 6.42 Å². The third-order valence-electron chi connectivity index (χ3n) is 2.01. The minimum Gasteiger partial charge on any atom is -0.261 e. The van der Waals surface area contributed by atoms with Crippen LogP contribution in [-0.4, -0.2) is 4.98 Å². The van der Waals surface area contributed by atoms with Gasteiger partial charge >= 0.3 is 0 Å². The third-order valence-corrected chi connectivity index (χ3v) is 2.01. The number of hydrogen-bond acceptors (Lipinski definition) is 1. The maximum Gasteiger partial charge on any atom is 0.0403 e. The molecule has 0 atom stereocenters. The van der Waals surface area contributed by atoms with Gasteiger partial charge in [0, 0.05) is 11.9 Å². The first-order chi connectivity index (χ1) is 5.93. The normalized spacial score (nSPS) is 9.31. The first-order valence-electron chi connectivity index (χ1n) is 4.83. The van der Waals surface area contributed by atoms with Crippen LogP contribution in [0.3, 0.4) is 0 Å². The van der Waals surface area contributed by atoms with Crippen molar-refractivity contribution >= 4 is 17.0 Å². The van der Waals surface area contributed by atoms with E-state index in [9.17, 15) is 0 Å². The second kappa shape index (κ2) is 8.24. The number of halogens is 1. The van der Waals surface area contributed by atoms with E-state index in [-0.39, 0.29) is 17.0 Å². The van der Waals surface area contributed by atoms with Crippen LogP contribution in [0.5, 0.6) is 0 Å². The van der Waals surface area contributed by atoms with Gasteiger partial charge in [-0.3, -0.25) is 4.98 Å². The molecule has 0 amide bonds. The van der Waals surface area contributed by atoms with E-state index in [4.69, 9.17) is 0 Å². The first kappa shape index (κ1) is 12.6. The van der Waals surface area contributed by atoms with Crippen LogP contribution in [0.1, 0.15) is 38.3 Å². The quantitative estimate of drug-likeness (QED) is 0.718. The Morgan fingerprint density at radius 3 is 2.62 bits per heavy atom. The van der Waals surface area contributed by atoms with Crippen LogP contribution < -0.4 is 0 Å². The Kier molecular flexibility index (Phi) is 8.00. The molecule has 1 nitrogen and oxygen atoms in total. The van der Waals surface area contributed by atoms with Gasteiger partial charge in [-0.25, -0.2) is 0 Å². The molecule has 74 valence electrons. The van der Waals surface area contributed by atoms with Gasteiger partial charge in [0.1, 0.15) is 0 Å². The van der Waals surface area contributed by atoms with E-state index >= 15 is 0 Å². The number of aromatic nitrogens is 1. The van der Waals surface area contributed by atoms with Gasteiger partial charge in [0.25, 0.3) is 0 Å². The van der Waals surface area contributed by atoms with Gasteiger partial charge in [-0.15, -0.1) is 17.0 Å². The van der Waals surface area contributed by atoms with Crippen molar-refractivity contribution in [3.8, 4) is 0 Å². The lowest BCUT2D eigenvalue weighted by molar-refractivity contribution is 0.660. The largest absolute Gasteiger partial charge is 0.261 e. The summed E-state index contributed by atoms with van der Waals surface area (Å²) in [6, 6.07) is 6.13. The van der Waals surface area contributed by atoms with E-state index in [1.54, 1.807) is 0 Å². The van der Waals surface area contributed by atoms with Crippen LogP contribution in [-0.2, 0) is 6.42 Å². The van der Waals surface area contributed by atoms with Gasteiger partial charge in [-0.2, -0.15) is 0 Å². The molecule has 2 heteroatoms. The summed E-state index contributed by atoms with van der Waals surface area (Å²) >= 11 is 0. The molecule has 0 aromatic carbocycles. The number of rotatable bonds is 5. The van der Waals surface area contributed by atoms with E-state index < -0.39 is 0 Å². The third kappa shape index (κ3) is 5.81. The molecule has 1 heterocycles.